The van der Waals surface area contributed by atoms with Crippen LogP contribution in [0.3, 0.4) is 0 Å². The standard InChI is InChI=1S/C21H36F2O3Si/c1-4-14-24-27(25-15-5-2,26-16-6-3)17-10-8-7-9-11-19-12-13-20(22)18-21(19)23/h12-13,18H,4-11,14-17H2,1-3H3. The van der Waals surface area contributed by atoms with Gasteiger partial charge in [0.15, 0.2) is 0 Å². The molecule has 0 amide bonds. The van der Waals surface area contributed by atoms with Gasteiger partial charge in [-0.3, -0.25) is 0 Å². The lowest BCUT2D eigenvalue weighted by Gasteiger charge is -2.29. The summed E-state index contributed by atoms with van der Waals surface area (Å²) in [6, 6.07) is 4.65. The molecule has 3 nitrogen and oxygen atoms in total. The monoisotopic (exact) mass is 402 g/mol. The van der Waals surface area contributed by atoms with E-state index in [4.69, 9.17) is 13.3 Å². The van der Waals surface area contributed by atoms with Crippen LogP contribution in [-0.4, -0.2) is 28.6 Å². The van der Waals surface area contributed by atoms with Gasteiger partial charge in [-0.2, -0.15) is 0 Å². The smallest absolute Gasteiger partial charge is 0.373 e. The zero-order valence-corrected chi connectivity index (χ0v) is 18.2. The van der Waals surface area contributed by atoms with Crippen molar-refractivity contribution in [2.24, 2.45) is 0 Å². The van der Waals surface area contributed by atoms with E-state index in [-0.39, 0.29) is 0 Å². The molecule has 0 N–H and O–H groups in total. The van der Waals surface area contributed by atoms with Gasteiger partial charge in [0.05, 0.1) is 0 Å². The molecule has 6 heteroatoms. The van der Waals surface area contributed by atoms with E-state index in [9.17, 15) is 8.78 Å². The van der Waals surface area contributed by atoms with Gasteiger partial charge in [0.2, 0.25) is 0 Å². The molecule has 0 spiro atoms. The van der Waals surface area contributed by atoms with E-state index in [0.29, 0.717) is 31.8 Å². The molecule has 0 aliphatic rings. The zero-order valence-electron chi connectivity index (χ0n) is 17.2. The number of hydrogen-bond donors (Lipinski definition) is 0. The Bertz CT molecular complexity index is 492. The van der Waals surface area contributed by atoms with Crippen LogP contribution in [0.4, 0.5) is 8.78 Å². The van der Waals surface area contributed by atoms with E-state index in [1.807, 2.05) is 0 Å². The van der Waals surface area contributed by atoms with E-state index in [0.717, 1.165) is 57.1 Å². The van der Waals surface area contributed by atoms with Crippen molar-refractivity contribution in [3.8, 4) is 0 Å². The summed E-state index contributed by atoms with van der Waals surface area (Å²) >= 11 is 0. The van der Waals surface area contributed by atoms with Gasteiger partial charge in [-0.1, -0.05) is 39.7 Å². The maximum Gasteiger partial charge on any atom is 0.500 e. The lowest BCUT2D eigenvalue weighted by atomic mass is 10.1. The van der Waals surface area contributed by atoms with Crippen LogP contribution in [0.2, 0.25) is 6.04 Å². The van der Waals surface area contributed by atoms with Gasteiger partial charge in [0.1, 0.15) is 11.6 Å². The molecule has 0 heterocycles. The maximum absolute atomic E-state index is 13.7. The van der Waals surface area contributed by atoms with Crippen molar-refractivity contribution in [2.45, 2.75) is 78.2 Å². The van der Waals surface area contributed by atoms with Gasteiger partial charge in [0, 0.05) is 31.9 Å². The summed E-state index contributed by atoms with van der Waals surface area (Å²) in [7, 11) is -2.60. The second kappa shape index (κ2) is 14.2. The average molecular weight is 403 g/mol. The van der Waals surface area contributed by atoms with Crippen molar-refractivity contribution in [1.82, 2.24) is 0 Å². The Balaban J connectivity index is 2.41. The molecule has 0 aromatic heterocycles. The summed E-state index contributed by atoms with van der Waals surface area (Å²) in [4.78, 5) is 0. The number of aryl methyl sites for hydroxylation is 1. The van der Waals surface area contributed by atoms with Crippen molar-refractivity contribution in [3.05, 3.63) is 35.4 Å². The predicted octanol–water partition coefficient (Wildman–Crippen LogP) is 6.29. The molecule has 0 saturated heterocycles. The van der Waals surface area contributed by atoms with Crippen LogP contribution < -0.4 is 0 Å². The largest absolute Gasteiger partial charge is 0.500 e. The van der Waals surface area contributed by atoms with Crippen LogP contribution in [0.1, 0.15) is 71.3 Å². The first-order valence-corrected chi connectivity index (χ1v) is 12.4. The molecule has 156 valence electrons. The van der Waals surface area contributed by atoms with Crippen LogP contribution in [0.15, 0.2) is 18.2 Å². The molecule has 0 saturated carbocycles. The van der Waals surface area contributed by atoms with Crippen LogP contribution in [0.25, 0.3) is 0 Å². The summed E-state index contributed by atoms with van der Waals surface area (Å²) in [5.74, 6) is -0.973. The van der Waals surface area contributed by atoms with E-state index < -0.39 is 20.4 Å². The second-order valence-corrected chi connectivity index (χ2v) is 9.61. The Labute approximate surface area is 164 Å². The first kappa shape index (κ1) is 24.2. The van der Waals surface area contributed by atoms with E-state index >= 15 is 0 Å². The van der Waals surface area contributed by atoms with E-state index in [1.54, 1.807) is 6.07 Å². The van der Waals surface area contributed by atoms with E-state index in [2.05, 4.69) is 20.8 Å². The Kier molecular flexibility index (Phi) is 12.7. The third kappa shape index (κ3) is 9.79. The van der Waals surface area contributed by atoms with Crippen LogP contribution in [-0.2, 0) is 19.7 Å². The molecule has 0 aliphatic carbocycles. The van der Waals surface area contributed by atoms with Crippen LogP contribution in [0.5, 0.6) is 0 Å². The number of unbranched alkanes of at least 4 members (excludes halogenated alkanes) is 3. The Hall–Kier alpha value is -0.823. The third-order valence-corrected chi connectivity index (χ3v) is 7.17. The Morgan fingerprint density at radius 3 is 1.85 bits per heavy atom. The second-order valence-electron chi connectivity index (χ2n) is 6.88. The van der Waals surface area contributed by atoms with Gasteiger partial charge in [0.25, 0.3) is 0 Å². The average Bonchev–Trinajstić information content (AvgIpc) is 2.66. The minimum absolute atomic E-state index is 0.449. The van der Waals surface area contributed by atoms with Gasteiger partial charge in [-0.15, -0.1) is 0 Å². The number of halogens is 2. The summed E-state index contributed by atoms with van der Waals surface area (Å²) in [5.41, 5.74) is 0.587. The fourth-order valence-corrected chi connectivity index (χ4v) is 5.76. The van der Waals surface area contributed by atoms with Crippen molar-refractivity contribution in [3.63, 3.8) is 0 Å². The van der Waals surface area contributed by atoms with Crippen molar-refractivity contribution < 1.29 is 22.1 Å². The van der Waals surface area contributed by atoms with Crippen molar-refractivity contribution in [1.29, 1.82) is 0 Å². The fraction of sp³-hybridized carbons (Fsp3) is 0.714. The number of benzene rings is 1. The minimum atomic E-state index is -2.60. The molecule has 1 aromatic rings. The van der Waals surface area contributed by atoms with Crippen molar-refractivity contribution in [2.75, 3.05) is 19.8 Å². The molecule has 27 heavy (non-hydrogen) atoms. The van der Waals surface area contributed by atoms with Crippen LogP contribution >= 0.6 is 0 Å². The van der Waals surface area contributed by atoms with E-state index in [1.165, 1.54) is 6.07 Å². The molecule has 0 radical (unpaired) electrons. The number of rotatable bonds is 16. The normalized spacial score (nSPS) is 11.9. The maximum atomic E-state index is 13.7. The third-order valence-electron chi connectivity index (χ3n) is 4.27. The summed E-state index contributed by atoms with van der Waals surface area (Å²) in [6.45, 7) is 8.28. The summed E-state index contributed by atoms with van der Waals surface area (Å²) in [6.07, 6.45) is 7.37. The Morgan fingerprint density at radius 2 is 1.33 bits per heavy atom. The summed E-state index contributed by atoms with van der Waals surface area (Å²) < 4.78 is 44.9. The lowest BCUT2D eigenvalue weighted by Crippen LogP contribution is -2.46. The topological polar surface area (TPSA) is 27.7 Å². The van der Waals surface area contributed by atoms with Gasteiger partial charge < -0.3 is 13.3 Å². The van der Waals surface area contributed by atoms with Gasteiger partial charge in [-0.05, 0) is 50.2 Å². The van der Waals surface area contributed by atoms with Crippen LogP contribution in [0, 0.1) is 11.6 Å². The summed E-state index contributed by atoms with van der Waals surface area (Å²) in [5, 5.41) is 0. The minimum Gasteiger partial charge on any atom is -0.373 e. The molecule has 0 atom stereocenters. The highest BCUT2D eigenvalue weighted by molar-refractivity contribution is 6.60. The fourth-order valence-electron chi connectivity index (χ4n) is 2.85. The molecular weight excluding hydrogens is 366 g/mol. The molecule has 0 bridgehead atoms. The molecular formula is C21H36F2O3Si. The van der Waals surface area contributed by atoms with Gasteiger partial charge >= 0.3 is 8.80 Å². The number of hydrogen-bond acceptors (Lipinski definition) is 3. The highest BCUT2D eigenvalue weighted by atomic mass is 28.4. The Morgan fingerprint density at radius 1 is 0.778 bits per heavy atom. The SMILES string of the molecule is CCCO[Si](CCCCCCc1ccc(F)cc1F)(OCCC)OCCC. The quantitative estimate of drug-likeness (QED) is 0.240. The first-order valence-electron chi connectivity index (χ1n) is 10.4. The molecule has 1 aromatic carbocycles. The molecule has 0 aliphatic heterocycles. The molecule has 0 fully saturated rings. The highest BCUT2D eigenvalue weighted by Crippen LogP contribution is 2.22. The highest BCUT2D eigenvalue weighted by Gasteiger charge is 2.40. The predicted molar refractivity (Wildman–Crippen MR) is 108 cm³/mol. The first-order chi connectivity index (χ1) is 13.1. The lowest BCUT2D eigenvalue weighted by molar-refractivity contribution is 0.0586. The molecule has 0 unspecified atom stereocenters. The zero-order chi connectivity index (χ0) is 20.0. The van der Waals surface area contributed by atoms with Crippen molar-refractivity contribution >= 4 is 8.80 Å². The van der Waals surface area contributed by atoms with Gasteiger partial charge in [-0.25, -0.2) is 8.78 Å². The molecule has 1 rings (SSSR count).